The number of hydrogen-bond donors (Lipinski definition) is 2. The molecule has 0 fully saturated rings. The molecule has 0 saturated heterocycles. The summed E-state index contributed by atoms with van der Waals surface area (Å²) in [6, 6.07) is 13.8. The van der Waals surface area contributed by atoms with Gasteiger partial charge >= 0.3 is 0 Å². The van der Waals surface area contributed by atoms with Crippen LogP contribution >= 0.6 is 15.9 Å². The Morgan fingerprint density at radius 1 is 1.19 bits per heavy atom. The topological polar surface area (TPSA) is 72.2 Å². The number of hydrogen-bond acceptors (Lipinski definition) is 3. The molecular formula is C15H17BrN2O2S. The van der Waals surface area contributed by atoms with Gasteiger partial charge in [0.25, 0.3) is 0 Å². The summed E-state index contributed by atoms with van der Waals surface area (Å²) in [6.07, 6.45) is 0.666. The van der Waals surface area contributed by atoms with Crippen molar-refractivity contribution in [3.8, 4) is 0 Å². The third-order valence-electron chi connectivity index (χ3n) is 3.19. The summed E-state index contributed by atoms with van der Waals surface area (Å²) < 4.78 is 28.2. The lowest BCUT2D eigenvalue weighted by molar-refractivity contribution is 0.550. The van der Waals surface area contributed by atoms with Crippen molar-refractivity contribution in [3.63, 3.8) is 0 Å². The van der Waals surface area contributed by atoms with Crippen molar-refractivity contribution in [2.75, 3.05) is 5.73 Å². The third-order valence-corrected chi connectivity index (χ3v) is 5.35. The maximum absolute atomic E-state index is 12.5. The van der Waals surface area contributed by atoms with E-state index in [4.69, 9.17) is 5.73 Å². The summed E-state index contributed by atoms with van der Waals surface area (Å²) in [6.45, 7) is 1.94. The first-order valence-electron chi connectivity index (χ1n) is 6.56. The molecular weight excluding hydrogens is 352 g/mol. The van der Waals surface area contributed by atoms with Crippen LogP contribution in [-0.4, -0.2) is 8.42 Å². The molecule has 4 nitrogen and oxygen atoms in total. The highest BCUT2D eigenvalue weighted by molar-refractivity contribution is 9.10. The maximum atomic E-state index is 12.5. The second-order valence-electron chi connectivity index (χ2n) is 4.68. The lowest BCUT2D eigenvalue weighted by Gasteiger charge is -2.17. The van der Waals surface area contributed by atoms with E-state index in [2.05, 4.69) is 20.7 Å². The largest absolute Gasteiger partial charge is 0.398 e. The summed E-state index contributed by atoms with van der Waals surface area (Å²) in [5, 5.41) is 0. The van der Waals surface area contributed by atoms with Gasteiger partial charge in [0, 0.05) is 16.2 Å². The van der Waals surface area contributed by atoms with Crippen LogP contribution in [-0.2, 0) is 10.0 Å². The molecule has 0 aliphatic rings. The van der Waals surface area contributed by atoms with E-state index in [1.54, 1.807) is 6.07 Å². The SMILES string of the molecule is CCC(NS(=O)(=O)c1ccc(N)c(Br)c1)c1ccccc1. The van der Waals surface area contributed by atoms with Crippen LogP contribution in [0, 0.1) is 0 Å². The number of nitrogen functional groups attached to an aromatic ring is 1. The Hall–Kier alpha value is -1.37. The highest BCUT2D eigenvalue weighted by Gasteiger charge is 2.20. The molecule has 0 saturated carbocycles. The van der Waals surface area contributed by atoms with Crippen molar-refractivity contribution < 1.29 is 8.42 Å². The number of sulfonamides is 1. The molecule has 6 heteroatoms. The van der Waals surface area contributed by atoms with Crippen molar-refractivity contribution in [1.82, 2.24) is 4.72 Å². The van der Waals surface area contributed by atoms with Gasteiger partial charge in [-0.05, 0) is 46.1 Å². The quantitative estimate of drug-likeness (QED) is 0.793. The van der Waals surface area contributed by atoms with Gasteiger partial charge in [0.2, 0.25) is 10.0 Å². The predicted molar refractivity (Wildman–Crippen MR) is 88.3 cm³/mol. The molecule has 0 amide bonds. The first-order chi connectivity index (χ1) is 9.94. The van der Waals surface area contributed by atoms with Crippen molar-refractivity contribution in [1.29, 1.82) is 0 Å². The van der Waals surface area contributed by atoms with Gasteiger partial charge in [0.05, 0.1) is 4.90 Å². The molecule has 3 N–H and O–H groups in total. The fraction of sp³-hybridized carbons (Fsp3) is 0.200. The van der Waals surface area contributed by atoms with Crippen LogP contribution in [0.3, 0.4) is 0 Å². The monoisotopic (exact) mass is 368 g/mol. The summed E-state index contributed by atoms with van der Waals surface area (Å²) >= 11 is 3.25. The van der Waals surface area contributed by atoms with Crippen LogP contribution in [0.2, 0.25) is 0 Å². The zero-order valence-electron chi connectivity index (χ0n) is 11.6. The highest BCUT2D eigenvalue weighted by atomic mass is 79.9. The van der Waals surface area contributed by atoms with E-state index in [0.29, 0.717) is 16.6 Å². The molecule has 0 bridgehead atoms. The van der Waals surface area contributed by atoms with Gasteiger partial charge in [0.1, 0.15) is 0 Å². The number of nitrogens with two attached hydrogens (primary N) is 1. The minimum absolute atomic E-state index is 0.193. The van der Waals surface area contributed by atoms with Crippen molar-refractivity contribution >= 4 is 31.6 Å². The van der Waals surface area contributed by atoms with Crippen LogP contribution in [0.25, 0.3) is 0 Å². The molecule has 0 aliphatic heterocycles. The molecule has 1 atom stereocenters. The number of anilines is 1. The van der Waals surface area contributed by atoms with Gasteiger partial charge in [-0.1, -0.05) is 37.3 Å². The number of nitrogens with one attached hydrogen (secondary N) is 1. The molecule has 112 valence electrons. The normalized spacial score (nSPS) is 13.0. The summed E-state index contributed by atoms with van der Waals surface area (Å²) in [5.74, 6) is 0. The van der Waals surface area contributed by atoms with E-state index in [0.717, 1.165) is 5.56 Å². The van der Waals surface area contributed by atoms with E-state index in [1.807, 2.05) is 37.3 Å². The summed E-state index contributed by atoms with van der Waals surface area (Å²) in [5.41, 5.74) is 7.13. The standard InChI is InChI=1S/C15H17BrN2O2S/c1-2-15(11-6-4-3-5-7-11)18-21(19,20)12-8-9-14(17)13(16)10-12/h3-10,15,18H,2,17H2,1H3. The van der Waals surface area contributed by atoms with Gasteiger partial charge in [-0.3, -0.25) is 0 Å². The van der Waals surface area contributed by atoms with Crippen molar-refractivity contribution in [2.24, 2.45) is 0 Å². The van der Waals surface area contributed by atoms with Crippen molar-refractivity contribution in [3.05, 3.63) is 58.6 Å². The van der Waals surface area contributed by atoms with Gasteiger partial charge in [-0.15, -0.1) is 0 Å². The lowest BCUT2D eigenvalue weighted by Crippen LogP contribution is -2.28. The highest BCUT2D eigenvalue weighted by Crippen LogP contribution is 2.25. The van der Waals surface area contributed by atoms with Gasteiger partial charge in [0.15, 0.2) is 0 Å². The molecule has 0 spiro atoms. The molecule has 2 rings (SSSR count). The average Bonchev–Trinajstić information content (AvgIpc) is 2.48. The van der Waals surface area contributed by atoms with E-state index in [1.165, 1.54) is 12.1 Å². The van der Waals surface area contributed by atoms with E-state index in [9.17, 15) is 8.42 Å². The van der Waals surface area contributed by atoms with Gasteiger partial charge < -0.3 is 5.73 Å². The molecule has 0 aromatic heterocycles. The number of halogens is 1. The van der Waals surface area contributed by atoms with Crippen LogP contribution in [0.1, 0.15) is 24.9 Å². The first kappa shape index (κ1) is 16.0. The van der Waals surface area contributed by atoms with Gasteiger partial charge in [-0.25, -0.2) is 13.1 Å². The average molecular weight is 369 g/mol. The molecule has 0 radical (unpaired) electrons. The molecule has 1 unspecified atom stereocenters. The lowest BCUT2D eigenvalue weighted by atomic mass is 10.1. The Kier molecular flexibility index (Phi) is 5.03. The second kappa shape index (κ2) is 6.60. The second-order valence-corrected chi connectivity index (χ2v) is 7.24. The van der Waals surface area contributed by atoms with Gasteiger partial charge in [-0.2, -0.15) is 0 Å². The Morgan fingerprint density at radius 3 is 2.43 bits per heavy atom. The van der Waals surface area contributed by atoms with Crippen LogP contribution < -0.4 is 10.5 Å². The summed E-state index contributed by atoms with van der Waals surface area (Å²) in [4.78, 5) is 0.193. The van der Waals surface area contributed by atoms with Crippen LogP contribution in [0.4, 0.5) is 5.69 Å². The van der Waals surface area contributed by atoms with Crippen LogP contribution in [0.5, 0.6) is 0 Å². The van der Waals surface area contributed by atoms with Crippen LogP contribution in [0.15, 0.2) is 57.9 Å². The Labute approximate surface area is 133 Å². The zero-order chi connectivity index (χ0) is 15.5. The minimum atomic E-state index is -3.59. The Balaban J connectivity index is 2.29. The molecule has 0 heterocycles. The molecule has 21 heavy (non-hydrogen) atoms. The smallest absolute Gasteiger partial charge is 0.241 e. The third kappa shape index (κ3) is 3.84. The minimum Gasteiger partial charge on any atom is -0.398 e. The molecule has 2 aromatic rings. The van der Waals surface area contributed by atoms with E-state index < -0.39 is 10.0 Å². The zero-order valence-corrected chi connectivity index (χ0v) is 14.0. The van der Waals surface area contributed by atoms with Crippen molar-refractivity contribution in [2.45, 2.75) is 24.3 Å². The molecule has 0 aliphatic carbocycles. The van der Waals surface area contributed by atoms with E-state index in [-0.39, 0.29) is 10.9 Å². The molecule has 2 aromatic carbocycles. The summed E-state index contributed by atoms with van der Waals surface area (Å²) in [7, 11) is -3.59. The predicted octanol–water partition coefficient (Wildman–Crippen LogP) is 3.46. The van der Waals surface area contributed by atoms with E-state index >= 15 is 0 Å². The fourth-order valence-electron chi connectivity index (χ4n) is 2.00. The Bertz CT molecular complexity index is 718. The fourth-order valence-corrected chi connectivity index (χ4v) is 3.87. The first-order valence-corrected chi connectivity index (χ1v) is 8.84. The Morgan fingerprint density at radius 2 is 1.86 bits per heavy atom. The number of rotatable bonds is 5. The number of benzene rings is 2. The maximum Gasteiger partial charge on any atom is 0.241 e.